The highest BCUT2D eigenvalue weighted by Gasteiger charge is 2.33. The fourth-order valence-electron chi connectivity index (χ4n) is 2.25. The molecule has 1 fully saturated rings. The van der Waals surface area contributed by atoms with E-state index in [1.54, 1.807) is 0 Å². The lowest BCUT2D eigenvalue weighted by atomic mass is 9.99. The van der Waals surface area contributed by atoms with Gasteiger partial charge in [-0.25, -0.2) is 0 Å². The molecule has 1 saturated heterocycles. The van der Waals surface area contributed by atoms with Gasteiger partial charge in [0.2, 0.25) is 5.91 Å². The summed E-state index contributed by atoms with van der Waals surface area (Å²) in [5, 5.41) is 0. The number of hydrogen-bond acceptors (Lipinski definition) is 2. The van der Waals surface area contributed by atoms with Crippen LogP contribution in [0.5, 0.6) is 0 Å². The molecule has 0 radical (unpaired) electrons. The van der Waals surface area contributed by atoms with Crippen LogP contribution >= 0.6 is 0 Å². The van der Waals surface area contributed by atoms with Crippen LogP contribution in [0.3, 0.4) is 0 Å². The molecular weight excluding hydrogens is 212 g/mol. The van der Waals surface area contributed by atoms with Gasteiger partial charge in [-0.3, -0.25) is 4.79 Å². The van der Waals surface area contributed by atoms with E-state index in [2.05, 4.69) is 18.1 Å². The summed E-state index contributed by atoms with van der Waals surface area (Å²) in [6, 6.07) is 0. The Balaban J connectivity index is 2.48. The minimum atomic E-state index is 0.0827. The smallest absolute Gasteiger partial charge is 0.230 e. The third kappa shape index (κ3) is 4.00. The minimum absolute atomic E-state index is 0.0827. The molecule has 0 aromatic heterocycles. The summed E-state index contributed by atoms with van der Waals surface area (Å²) in [5.74, 6) is 0.316. The van der Waals surface area contributed by atoms with Gasteiger partial charge in [0, 0.05) is 18.2 Å². The van der Waals surface area contributed by atoms with E-state index in [-0.39, 0.29) is 11.8 Å². The molecule has 0 aromatic carbocycles. The summed E-state index contributed by atoms with van der Waals surface area (Å²) in [6.07, 6.45) is 2.59. The summed E-state index contributed by atoms with van der Waals surface area (Å²) in [4.78, 5) is 16.1. The fourth-order valence-corrected chi connectivity index (χ4v) is 2.25. The summed E-state index contributed by atoms with van der Waals surface area (Å²) >= 11 is 0. The fraction of sp³-hybridized carbons (Fsp3) is 0.643. The molecule has 0 aliphatic carbocycles. The Hall–Kier alpha value is -1.09. The lowest BCUT2D eigenvalue weighted by molar-refractivity contribution is -0.130. The predicted octanol–water partition coefficient (Wildman–Crippen LogP) is 2.27. The highest BCUT2D eigenvalue weighted by molar-refractivity contribution is 5.84. The maximum Gasteiger partial charge on any atom is 0.230 e. The Morgan fingerprint density at radius 1 is 1.53 bits per heavy atom. The van der Waals surface area contributed by atoms with Crippen molar-refractivity contribution in [1.82, 2.24) is 9.80 Å². The van der Waals surface area contributed by atoms with Crippen molar-refractivity contribution < 1.29 is 4.79 Å². The van der Waals surface area contributed by atoms with Crippen LogP contribution < -0.4 is 0 Å². The third-order valence-electron chi connectivity index (χ3n) is 3.06. The van der Waals surface area contributed by atoms with Gasteiger partial charge in [-0.1, -0.05) is 12.2 Å². The van der Waals surface area contributed by atoms with Gasteiger partial charge in [0.1, 0.15) is 0 Å². The number of allylic oxidation sites excluding steroid dienone is 2. The Morgan fingerprint density at radius 2 is 2.18 bits per heavy atom. The average Bonchev–Trinajstić information content (AvgIpc) is 2.44. The van der Waals surface area contributed by atoms with Crippen LogP contribution in [0.1, 0.15) is 26.2 Å². The molecule has 96 valence electrons. The van der Waals surface area contributed by atoms with Gasteiger partial charge in [-0.15, -0.1) is 6.58 Å². The summed E-state index contributed by atoms with van der Waals surface area (Å²) in [5.41, 5.74) is 2.05. The molecule has 17 heavy (non-hydrogen) atoms. The number of amides is 1. The SMILES string of the molecule is C=C(C)CC1CC(=C)N(CCCN(C)C)C1=O. The molecule has 0 bridgehead atoms. The molecule has 0 aromatic rings. The largest absolute Gasteiger partial charge is 0.316 e. The Labute approximate surface area is 105 Å². The lowest BCUT2D eigenvalue weighted by Gasteiger charge is -2.19. The van der Waals surface area contributed by atoms with Crippen LogP contribution in [-0.4, -0.2) is 42.9 Å². The highest BCUT2D eigenvalue weighted by atomic mass is 16.2. The first-order valence-corrected chi connectivity index (χ1v) is 6.20. The van der Waals surface area contributed by atoms with E-state index >= 15 is 0 Å². The Morgan fingerprint density at radius 3 is 2.71 bits per heavy atom. The van der Waals surface area contributed by atoms with Crippen molar-refractivity contribution >= 4 is 5.91 Å². The molecule has 1 aliphatic heterocycles. The van der Waals surface area contributed by atoms with Gasteiger partial charge < -0.3 is 9.80 Å². The first-order chi connectivity index (χ1) is 7.91. The second-order valence-electron chi connectivity index (χ2n) is 5.28. The zero-order valence-corrected chi connectivity index (χ0v) is 11.3. The first-order valence-electron chi connectivity index (χ1n) is 6.20. The molecule has 1 heterocycles. The van der Waals surface area contributed by atoms with E-state index < -0.39 is 0 Å². The van der Waals surface area contributed by atoms with Crippen LogP contribution in [0, 0.1) is 5.92 Å². The number of hydrogen-bond donors (Lipinski definition) is 0. The molecule has 0 N–H and O–H groups in total. The van der Waals surface area contributed by atoms with Crippen molar-refractivity contribution in [3.8, 4) is 0 Å². The zero-order chi connectivity index (χ0) is 13.0. The Kier molecular flexibility index (Phi) is 4.94. The van der Waals surface area contributed by atoms with Gasteiger partial charge in [0.15, 0.2) is 0 Å². The molecule has 1 amide bonds. The van der Waals surface area contributed by atoms with Gasteiger partial charge in [-0.05, 0) is 46.8 Å². The van der Waals surface area contributed by atoms with E-state index in [0.29, 0.717) is 0 Å². The van der Waals surface area contributed by atoms with Crippen molar-refractivity contribution in [3.05, 3.63) is 24.4 Å². The van der Waals surface area contributed by atoms with E-state index in [0.717, 1.165) is 43.6 Å². The van der Waals surface area contributed by atoms with Crippen molar-refractivity contribution in [3.63, 3.8) is 0 Å². The molecule has 3 heteroatoms. The van der Waals surface area contributed by atoms with Crippen molar-refractivity contribution in [2.24, 2.45) is 5.92 Å². The predicted molar refractivity (Wildman–Crippen MR) is 71.6 cm³/mol. The number of likely N-dealkylation sites (tertiary alicyclic amines) is 1. The Bertz CT molecular complexity index is 320. The summed E-state index contributed by atoms with van der Waals surface area (Å²) in [6.45, 7) is 11.7. The third-order valence-corrected chi connectivity index (χ3v) is 3.06. The maximum atomic E-state index is 12.1. The van der Waals surface area contributed by atoms with Crippen LogP contribution in [0.15, 0.2) is 24.4 Å². The number of carbonyl (C=O) groups is 1. The van der Waals surface area contributed by atoms with Gasteiger partial charge in [0.05, 0.1) is 0 Å². The van der Waals surface area contributed by atoms with Crippen LogP contribution in [0.4, 0.5) is 0 Å². The van der Waals surface area contributed by atoms with E-state index in [1.165, 1.54) is 0 Å². The minimum Gasteiger partial charge on any atom is -0.316 e. The quantitative estimate of drug-likeness (QED) is 0.660. The van der Waals surface area contributed by atoms with Crippen LogP contribution in [0.2, 0.25) is 0 Å². The molecule has 1 rings (SSSR count). The van der Waals surface area contributed by atoms with Gasteiger partial charge in [0.25, 0.3) is 0 Å². The van der Waals surface area contributed by atoms with Crippen molar-refractivity contribution in [2.45, 2.75) is 26.2 Å². The molecule has 0 spiro atoms. The molecule has 1 atom stereocenters. The topological polar surface area (TPSA) is 23.6 Å². The van der Waals surface area contributed by atoms with Crippen molar-refractivity contribution in [1.29, 1.82) is 0 Å². The monoisotopic (exact) mass is 236 g/mol. The molecular formula is C14H24N2O. The number of carbonyl (C=O) groups excluding carboxylic acids is 1. The maximum absolute atomic E-state index is 12.1. The highest BCUT2D eigenvalue weighted by Crippen LogP contribution is 2.30. The summed E-state index contributed by atoms with van der Waals surface area (Å²) < 4.78 is 0. The van der Waals surface area contributed by atoms with Crippen LogP contribution in [0.25, 0.3) is 0 Å². The first kappa shape index (κ1) is 14.0. The number of nitrogens with zero attached hydrogens (tertiary/aromatic N) is 2. The second-order valence-corrected chi connectivity index (χ2v) is 5.28. The second kappa shape index (κ2) is 6.01. The molecule has 0 saturated carbocycles. The van der Waals surface area contributed by atoms with Gasteiger partial charge in [-0.2, -0.15) is 0 Å². The zero-order valence-electron chi connectivity index (χ0n) is 11.3. The molecule has 1 aliphatic rings. The number of rotatable bonds is 6. The normalized spacial score (nSPS) is 20.5. The van der Waals surface area contributed by atoms with E-state index in [4.69, 9.17) is 0 Å². The molecule has 1 unspecified atom stereocenters. The standard InChI is InChI=1S/C14H24N2O/c1-11(2)9-13-10-12(3)16(14(13)17)8-6-7-15(4)5/h13H,1,3,6-10H2,2,4-5H3. The lowest BCUT2D eigenvalue weighted by Crippen LogP contribution is -2.29. The molecule has 3 nitrogen and oxygen atoms in total. The van der Waals surface area contributed by atoms with E-state index in [1.807, 2.05) is 25.9 Å². The van der Waals surface area contributed by atoms with Gasteiger partial charge >= 0.3 is 0 Å². The van der Waals surface area contributed by atoms with Crippen LogP contribution in [-0.2, 0) is 4.79 Å². The average molecular weight is 236 g/mol. The van der Waals surface area contributed by atoms with Crippen molar-refractivity contribution in [2.75, 3.05) is 27.2 Å². The van der Waals surface area contributed by atoms with E-state index in [9.17, 15) is 4.79 Å². The summed E-state index contributed by atoms with van der Waals surface area (Å²) in [7, 11) is 4.09.